The molecule has 3 rings (SSSR count). The van der Waals surface area contributed by atoms with Crippen LogP contribution in [-0.4, -0.2) is 22.2 Å². The van der Waals surface area contributed by atoms with E-state index >= 15 is 0 Å². The first-order chi connectivity index (χ1) is 12.6. The average Bonchev–Trinajstić information content (AvgIpc) is 3.06. The maximum Gasteiger partial charge on any atom is 0.344 e. The van der Waals surface area contributed by atoms with Crippen LogP contribution in [0.4, 0.5) is 0 Å². The molecule has 0 aliphatic rings. The molecule has 0 aliphatic carbocycles. The predicted molar refractivity (Wildman–Crippen MR) is 98.0 cm³/mol. The normalized spacial score (nSPS) is 13.5. The number of nitrogens with one attached hydrogen (secondary N) is 1. The Morgan fingerprint density at radius 1 is 1.27 bits per heavy atom. The fourth-order valence-electron chi connectivity index (χ4n) is 2.67. The summed E-state index contributed by atoms with van der Waals surface area (Å²) in [5, 5.41) is 12.4. The largest absolute Gasteiger partial charge is 0.479 e. The van der Waals surface area contributed by atoms with Crippen LogP contribution in [0.25, 0.3) is 11.1 Å². The van der Waals surface area contributed by atoms with E-state index in [0.717, 1.165) is 23.1 Å². The molecular weight excluding hydrogens is 332 g/mol. The average molecular weight is 354 g/mol. The van der Waals surface area contributed by atoms with Crippen LogP contribution in [0.3, 0.4) is 0 Å². The lowest BCUT2D eigenvalue weighted by molar-refractivity contribution is -0.144. The molecule has 0 saturated heterocycles. The van der Waals surface area contributed by atoms with Gasteiger partial charge in [0.05, 0.1) is 6.04 Å². The first-order valence-corrected chi connectivity index (χ1v) is 8.64. The Hall–Kier alpha value is -2.86. The second-order valence-electron chi connectivity index (χ2n) is 6.11. The SMILES string of the molecule is CCC(NCc1cccc(OC(C)C(=O)O)c1)c1nc2ccccc2o1. The molecule has 0 bridgehead atoms. The van der Waals surface area contributed by atoms with Gasteiger partial charge in [-0.15, -0.1) is 0 Å². The van der Waals surface area contributed by atoms with E-state index < -0.39 is 12.1 Å². The van der Waals surface area contributed by atoms with Crippen LogP contribution in [0, 0.1) is 0 Å². The number of aliphatic carboxylic acids is 1. The highest BCUT2D eigenvalue weighted by Crippen LogP contribution is 2.23. The van der Waals surface area contributed by atoms with Crippen molar-refractivity contribution >= 4 is 17.1 Å². The van der Waals surface area contributed by atoms with Crippen molar-refractivity contribution < 1.29 is 19.1 Å². The molecule has 6 nitrogen and oxygen atoms in total. The van der Waals surface area contributed by atoms with Gasteiger partial charge in [-0.1, -0.05) is 31.2 Å². The molecule has 3 aromatic rings. The molecule has 0 fully saturated rings. The highest BCUT2D eigenvalue weighted by atomic mass is 16.5. The Morgan fingerprint density at radius 3 is 2.81 bits per heavy atom. The summed E-state index contributed by atoms with van der Waals surface area (Å²) >= 11 is 0. The molecular formula is C20H22N2O4. The third kappa shape index (κ3) is 4.21. The van der Waals surface area contributed by atoms with E-state index in [4.69, 9.17) is 14.3 Å². The molecule has 136 valence electrons. The summed E-state index contributed by atoms with van der Waals surface area (Å²) in [5.41, 5.74) is 2.62. The number of carboxylic acid groups (broad SMARTS) is 1. The molecule has 2 aromatic carbocycles. The number of ether oxygens (including phenoxy) is 1. The number of para-hydroxylation sites is 2. The number of nitrogens with zero attached hydrogens (tertiary/aromatic N) is 1. The number of oxazole rings is 1. The van der Waals surface area contributed by atoms with E-state index in [1.807, 2.05) is 42.5 Å². The van der Waals surface area contributed by atoms with E-state index in [-0.39, 0.29) is 6.04 Å². The Labute approximate surface area is 151 Å². The van der Waals surface area contributed by atoms with Crippen molar-refractivity contribution in [3.05, 3.63) is 60.0 Å². The summed E-state index contributed by atoms with van der Waals surface area (Å²) in [5.74, 6) is 0.213. The van der Waals surface area contributed by atoms with Gasteiger partial charge in [-0.3, -0.25) is 0 Å². The number of carbonyl (C=O) groups is 1. The first-order valence-electron chi connectivity index (χ1n) is 8.64. The molecule has 2 unspecified atom stereocenters. The van der Waals surface area contributed by atoms with E-state index in [9.17, 15) is 4.79 Å². The lowest BCUT2D eigenvalue weighted by Crippen LogP contribution is -2.23. The molecule has 0 amide bonds. The molecule has 0 radical (unpaired) electrons. The van der Waals surface area contributed by atoms with Crippen LogP contribution < -0.4 is 10.1 Å². The number of carboxylic acids is 1. The van der Waals surface area contributed by atoms with Crippen LogP contribution in [-0.2, 0) is 11.3 Å². The van der Waals surface area contributed by atoms with Crippen molar-refractivity contribution in [1.29, 1.82) is 0 Å². The summed E-state index contributed by atoms with van der Waals surface area (Å²) < 4.78 is 11.3. The zero-order valence-electron chi connectivity index (χ0n) is 14.8. The smallest absolute Gasteiger partial charge is 0.344 e. The highest BCUT2D eigenvalue weighted by molar-refractivity contribution is 5.72. The van der Waals surface area contributed by atoms with Crippen molar-refractivity contribution in [3.8, 4) is 5.75 Å². The Kier molecular flexibility index (Phi) is 5.53. The van der Waals surface area contributed by atoms with Crippen molar-refractivity contribution in [2.24, 2.45) is 0 Å². The Balaban J connectivity index is 1.67. The predicted octanol–water partition coefficient (Wildman–Crippen LogP) is 3.92. The fourth-order valence-corrected chi connectivity index (χ4v) is 2.67. The number of aromatic nitrogens is 1. The minimum Gasteiger partial charge on any atom is -0.479 e. The van der Waals surface area contributed by atoms with Crippen molar-refractivity contribution in [1.82, 2.24) is 10.3 Å². The fraction of sp³-hybridized carbons (Fsp3) is 0.300. The summed E-state index contributed by atoms with van der Waals surface area (Å²) in [4.78, 5) is 15.5. The topological polar surface area (TPSA) is 84.6 Å². The van der Waals surface area contributed by atoms with Gasteiger partial charge in [0.25, 0.3) is 0 Å². The second kappa shape index (κ2) is 8.01. The summed E-state index contributed by atoms with van der Waals surface area (Å²) in [6.45, 7) is 4.17. The quantitative estimate of drug-likeness (QED) is 0.638. The van der Waals surface area contributed by atoms with Gasteiger partial charge in [-0.25, -0.2) is 9.78 Å². The van der Waals surface area contributed by atoms with Crippen LogP contribution in [0.2, 0.25) is 0 Å². The monoisotopic (exact) mass is 354 g/mol. The summed E-state index contributed by atoms with van der Waals surface area (Å²) in [7, 11) is 0. The number of hydrogen-bond donors (Lipinski definition) is 2. The lowest BCUT2D eigenvalue weighted by atomic mass is 10.1. The molecule has 2 N–H and O–H groups in total. The van der Waals surface area contributed by atoms with E-state index in [2.05, 4.69) is 17.2 Å². The minimum atomic E-state index is -0.990. The van der Waals surface area contributed by atoms with Crippen molar-refractivity contribution in [2.75, 3.05) is 0 Å². The summed E-state index contributed by atoms with van der Waals surface area (Å²) in [6, 6.07) is 15.1. The van der Waals surface area contributed by atoms with Crippen LogP contribution in [0.15, 0.2) is 52.9 Å². The number of fused-ring (bicyclic) bond motifs is 1. The second-order valence-corrected chi connectivity index (χ2v) is 6.11. The molecule has 6 heteroatoms. The van der Waals surface area contributed by atoms with Crippen molar-refractivity contribution in [2.45, 2.75) is 39.0 Å². The molecule has 1 heterocycles. The molecule has 0 spiro atoms. The van der Waals surface area contributed by atoms with Gasteiger partial charge in [0.2, 0.25) is 5.89 Å². The van der Waals surface area contributed by atoms with E-state index in [1.54, 1.807) is 6.07 Å². The molecule has 0 aliphatic heterocycles. The Bertz CT molecular complexity index is 857. The molecule has 1 aromatic heterocycles. The molecule has 2 atom stereocenters. The van der Waals surface area contributed by atoms with Crippen molar-refractivity contribution in [3.63, 3.8) is 0 Å². The number of benzene rings is 2. The van der Waals surface area contributed by atoms with E-state index in [0.29, 0.717) is 18.2 Å². The van der Waals surface area contributed by atoms with Gasteiger partial charge in [0.15, 0.2) is 11.7 Å². The first kappa shape index (κ1) is 17.9. The minimum absolute atomic E-state index is 0.00934. The standard InChI is InChI=1S/C20H22N2O4/c1-3-16(19-22-17-9-4-5-10-18(17)26-19)21-12-14-7-6-8-15(11-14)25-13(2)20(23)24/h4-11,13,16,21H,3,12H2,1-2H3,(H,23,24). The van der Waals surface area contributed by atoms with Gasteiger partial charge in [0, 0.05) is 6.54 Å². The zero-order valence-corrected chi connectivity index (χ0v) is 14.8. The van der Waals surface area contributed by atoms with E-state index in [1.165, 1.54) is 6.92 Å². The van der Waals surface area contributed by atoms with Gasteiger partial charge in [-0.05, 0) is 43.2 Å². The molecule has 26 heavy (non-hydrogen) atoms. The number of rotatable bonds is 8. The maximum absolute atomic E-state index is 10.9. The zero-order chi connectivity index (χ0) is 18.5. The van der Waals surface area contributed by atoms with Gasteiger partial charge >= 0.3 is 5.97 Å². The van der Waals surface area contributed by atoms with Crippen LogP contribution in [0.5, 0.6) is 5.75 Å². The maximum atomic E-state index is 10.9. The third-order valence-electron chi connectivity index (χ3n) is 4.13. The van der Waals surface area contributed by atoms with Gasteiger partial charge in [-0.2, -0.15) is 0 Å². The van der Waals surface area contributed by atoms with Gasteiger partial charge in [0.1, 0.15) is 11.3 Å². The lowest BCUT2D eigenvalue weighted by Gasteiger charge is -2.15. The van der Waals surface area contributed by atoms with Gasteiger partial charge < -0.3 is 19.6 Å². The highest BCUT2D eigenvalue weighted by Gasteiger charge is 2.16. The molecule has 0 saturated carbocycles. The summed E-state index contributed by atoms with van der Waals surface area (Å²) in [6.07, 6.45) is -0.0552. The van der Waals surface area contributed by atoms with Crippen LogP contribution >= 0.6 is 0 Å². The Morgan fingerprint density at radius 2 is 2.08 bits per heavy atom. The number of hydrogen-bond acceptors (Lipinski definition) is 5. The van der Waals surface area contributed by atoms with Crippen LogP contribution in [0.1, 0.15) is 37.8 Å². The third-order valence-corrected chi connectivity index (χ3v) is 4.13.